The van der Waals surface area contributed by atoms with Crippen LogP contribution in [0.3, 0.4) is 0 Å². The standard InChI is InChI=1S/C18H21N3O3/c22-18(23)15-5-1-2-6-16(15)24-14-13-20-9-11-21(12-10-20)17-7-3-4-8-19-17/h1-8H,9-14H2,(H,22,23). The van der Waals surface area contributed by atoms with E-state index in [1.165, 1.54) is 0 Å². The van der Waals surface area contributed by atoms with E-state index in [-0.39, 0.29) is 5.56 Å². The molecule has 0 atom stereocenters. The van der Waals surface area contributed by atoms with Crippen LogP contribution < -0.4 is 9.64 Å². The molecule has 0 aliphatic carbocycles. The summed E-state index contributed by atoms with van der Waals surface area (Å²) in [5.74, 6) is 0.482. The van der Waals surface area contributed by atoms with Gasteiger partial charge in [-0.15, -0.1) is 0 Å². The third-order valence-electron chi connectivity index (χ3n) is 4.13. The fraction of sp³-hybridized carbons (Fsp3) is 0.333. The lowest BCUT2D eigenvalue weighted by Gasteiger charge is -2.35. The number of nitrogens with zero attached hydrogens (tertiary/aromatic N) is 3. The molecule has 6 nitrogen and oxygen atoms in total. The quantitative estimate of drug-likeness (QED) is 0.875. The Labute approximate surface area is 141 Å². The first-order valence-electron chi connectivity index (χ1n) is 8.07. The fourth-order valence-electron chi connectivity index (χ4n) is 2.80. The fourth-order valence-corrected chi connectivity index (χ4v) is 2.80. The van der Waals surface area contributed by atoms with E-state index in [9.17, 15) is 4.79 Å². The van der Waals surface area contributed by atoms with Crippen LogP contribution in [0.1, 0.15) is 10.4 Å². The summed E-state index contributed by atoms with van der Waals surface area (Å²) >= 11 is 0. The molecule has 0 bridgehead atoms. The van der Waals surface area contributed by atoms with Crippen molar-refractivity contribution in [2.75, 3.05) is 44.2 Å². The van der Waals surface area contributed by atoms with E-state index in [1.54, 1.807) is 24.3 Å². The highest BCUT2D eigenvalue weighted by Crippen LogP contribution is 2.18. The van der Waals surface area contributed by atoms with Crippen molar-refractivity contribution in [1.82, 2.24) is 9.88 Å². The first-order valence-corrected chi connectivity index (χ1v) is 8.07. The molecule has 3 rings (SSSR count). The molecule has 1 aromatic heterocycles. The van der Waals surface area contributed by atoms with Crippen molar-refractivity contribution in [1.29, 1.82) is 0 Å². The van der Waals surface area contributed by atoms with Crippen LogP contribution in [0.5, 0.6) is 5.75 Å². The number of carbonyl (C=O) groups is 1. The monoisotopic (exact) mass is 327 g/mol. The Morgan fingerprint density at radius 2 is 1.83 bits per heavy atom. The van der Waals surface area contributed by atoms with E-state index >= 15 is 0 Å². The van der Waals surface area contributed by atoms with Gasteiger partial charge in [-0.3, -0.25) is 4.90 Å². The number of hydrogen-bond acceptors (Lipinski definition) is 5. The highest BCUT2D eigenvalue weighted by atomic mass is 16.5. The number of carboxylic acid groups (broad SMARTS) is 1. The second kappa shape index (κ2) is 7.79. The molecule has 0 spiro atoms. The van der Waals surface area contributed by atoms with Gasteiger partial charge in [0.25, 0.3) is 0 Å². The molecule has 0 saturated carbocycles. The minimum absolute atomic E-state index is 0.206. The summed E-state index contributed by atoms with van der Waals surface area (Å²) in [6.45, 7) is 5.02. The Kier molecular flexibility index (Phi) is 5.28. The molecule has 1 N–H and O–H groups in total. The molecular formula is C18H21N3O3. The number of piperazine rings is 1. The van der Waals surface area contributed by atoms with Crippen molar-refractivity contribution in [3.63, 3.8) is 0 Å². The van der Waals surface area contributed by atoms with Crippen molar-refractivity contribution in [3.8, 4) is 5.75 Å². The molecule has 1 fully saturated rings. The SMILES string of the molecule is O=C(O)c1ccccc1OCCN1CCN(c2ccccn2)CC1. The maximum Gasteiger partial charge on any atom is 0.339 e. The van der Waals surface area contributed by atoms with Crippen molar-refractivity contribution < 1.29 is 14.6 Å². The van der Waals surface area contributed by atoms with Crippen LogP contribution in [0.25, 0.3) is 0 Å². The Balaban J connectivity index is 1.45. The van der Waals surface area contributed by atoms with E-state index in [0.717, 1.165) is 38.5 Å². The van der Waals surface area contributed by atoms with Crippen LogP contribution in [0.4, 0.5) is 5.82 Å². The Morgan fingerprint density at radius 3 is 2.54 bits per heavy atom. The van der Waals surface area contributed by atoms with E-state index in [2.05, 4.69) is 14.8 Å². The number of anilines is 1. The Bertz CT molecular complexity index is 670. The number of para-hydroxylation sites is 1. The summed E-state index contributed by atoms with van der Waals surface area (Å²) < 4.78 is 5.66. The van der Waals surface area contributed by atoms with Crippen molar-refractivity contribution in [2.24, 2.45) is 0 Å². The number of benzene rings is 1. The number of ether oxygens (including phenoxy) is 1. The van der Waals surface area contributed by atoms with Crippen LogP contribution in [-0.2, 0) is 0 Å². The van der Waals surface area contributed by atoms with Crippen LogP contribution >= 0.6 is 0 Å². The number of aromatic carboxylic acids is 1. The zero-order chi connectivity index (χ0) is 16.8. The molecule has 1 aliphatic heterocycles. The molecule has 1 saturated heterocycles. The van der Waals surface area contributed by atoms with Crippen molar-refractivity contribution >= 4 is 11.8 Å². The molecule has 2 heterocycles. The molecule has 2 aromatic rings. The molecule has 6 heteroatoms. The molecule has 1 aromatic carbocycles. The molecular weight excluding hydrogens is 306 g/mol. The first-order chi connectivity index (χ1) is 11.7. The average molecular weight is 327 g/mol. The third kappa shape index (κ3) is 4.02. The summed E-state index contributed by atoms with van der Waals surface area (Å²) in [5, 5.41) is 9.15. The predicted molar refractivity (Wildman–Crippen MR) is 91.8 cm³/mol. The maximum atomic E-state index is 11.2. The van der Waals surface area contributed by atoms with E-state index in [4.69, 9.17) is 9.84 Å². The maximum absolute atomic E-state index is 11.2. The number of carboxylic acids is 1. The lowest BCUT2D eigenvalue weighted by Crippen LogP contribution is -2.47. The minimum Gasteiger partial charge on any atom is -0.491 e. The van der Waals surface area contributed by atoms with Crippen LogP contribution in [-0.4, -0.2) is 60.3 Å². The predicted octanol–water partition coefficient (Wildman–Crippen LogP) is 1.98. The van der Waals surface area contributed by atoms with Gasteiger partial charge < -0.3 is 14.7 Å². The molecule has 126 valence electrons. The summed E-state index contributed by atoms with van der Waals surface area (Å²) in [6, 6.07) is 12.7. The van der Waals surface area contributed by atoms with Crippen molar-refractivity contribution in [2.45, 2.75) is 0 Å². The zero-order valence-electron chi connectivity index (χ0n) is 13.5. The van der Waals surface area contributed by atoms with Crippen molar-refractivity contribution in [3.05, 3.63) is 54.2 Å². The second-order valence-electron chi connectivity index (χ2n) is 5.67. The number of pyridine rings is 1. The number of hydrogen-bond donors (Lipinski definition) is 1. The average Bonchev–Trinajstić information content (AvgIpc) is 2.63. The van der Waals surface area contributed by atoms with Gasteiger partial charge in [0, 0.05) is 38.9 Å². The molecule has 0 radical (unpaired) electrons. The van der Waals surface area contributed by atoms with Gasteiger partial charge in [0.05, 0.1) is 0 Å². The van der Waals surface area contributed by atoms with Gasteiger partial charge in [-0.2, -0.15) is 0 Å². The highest BCUT2D eigenvalue weighted by Gasteiger charge is 2.18. The normalized spacial score (nSPS) is 15.2. The largest absolute Gasteiger partial charge is 0.491 e. The van der Waals surface area contributed by atoms with Crippen LogP contribution in [0.2, 0.25) is 0 Å². The van der Waals surface area contributed by atoms with Crippen LogP contribution in [0, 0.1) is 0 Å². The molecule has 0 amide bonds. The second-order valence-corrected chi connectivity index (χ2v) is 5.67. The Hall–Kier alpha value is -2.60. The number of rotatable bonds is 6. The minimum atomic E-state index is -0.963. The summed E-state index contributed by atoms with van der Waals surface area (Å²) in [6.07, 6.45) is 1.81. The Morgan fingerprint density at radius 1 is 1.08 bits per heavy atom. The lowest BCUT2D eigenvalue weighted by atomic mass is 10.2. The first kappa shape index (κ1) is 16.3. The topological polar surface area (TPSA) is 65.9 Å². The van der Waals surface area contributed by atoms with Gasteiger partial charge in [-0.05, 0) is 24.3 Å². The lowest BCUT2D eigenvalue weighted by molar-refractivity contribution is 0.0691. The third-order valence-corrected chi connectivity index (χ3v) is 4.13. The van der Waals surface area contributed by atoms with Gasteiger partial charge >= 0.3 is 5.97 Å². The zero-order valence-corrected chi connectivity index (χ0v) is 13.5. The van der Waals surface area contributed by atoms with E-state index < -0.39 is 5.97 Å². The smallest absolute Gasteiger partial charge is 0.339 e. The van der Waals surface area contributed by atoms with Crippen LogP contribution in [0.15, 0.2) is 48.7 Å². The highest BCUT2D eigenvalue weighted by molar-refractivity contribution is 5.90. The molecule has 0 unspecified atom stereocenters. The summed E-state index contributed by atoms with van der Waals surface area (Å²) in [7, 11) is 0. The van der Waals surface area contributed by atoms with Gasteiger partial charge in [0.15, 0.2) is 0 Å². The van der Waals surface area contributed by atoms with Gasteiger partial charge in [0.1, 0.15) is 23.7 Å². The summed E-state index contributed by atoms with van der Waals surface area (Å²) in [5.41, 5.74) is 0.206. The number of aromatic nitrogens is 1. The van der Waals surface area contributed by atoms with E-state index in [1.807, 2.05) is 24.4 Å². The van der Waals surface area contributed by atoms with E-state index in [0.29, 0.717) is 12.4 Å². The molecule has 24 heavy (non-hydrogen) atoms. The molecule has 1 aliphatic rings. The van der Waals surface area contributed by atoms with Gasteiger partial charge in [-0.1, -0.05) is 18.2 Å². The van der Waals surface area contributed by atoms with Gasteiger partial charge in [0.2, 0.25) is 0 Å². The van der Waals surface area contributed by atoms with Gasteiger partial charge in [-0.25, -0.2) is 9.78 Å². The summed E-state index contributed by atoms with van der Waals surface area (Å²) in [4.78, 5) is 20.1.